The fourth-order valence-corrected chi connectivity index (χ4v) is 2.75. The number of nitrogens with one attached hydrogen (secondary N) is 1. The largest absolute Gasteiger partial charge is 0.465 e. The van der Waals surface area contributed by atoms with E-state index in [0.717, 1.165) is 5.56 Å². The van der Waals surface area contributed by atoms with Crippen molar-refractivity contribution in [3.8, 4) is 0 Å². The van der Waals surface area contributed by atoms with Gasteiger partial charge in [0.2, 0.25) is 0 Å². The van der Waals surface area contributed by atoms with Gasteiger partial charge in [0, 0.05) is 16.9 Å². The summed E-state index contributed by atoms with van der Waals surface area (Å²) in [4.78, 5) is 36.7. The van der Waals surface area contributed by atoms with Crippen LogP contribution in [0.25, 0.3) is 0 Å². The number of carbonyl (C=O) groups is 2. The molecule has 0 radical (unpaired) electrons. The molecule has 0 bridgehead atoms. The second-order valence-corrected chi connectivity index (χ2v) is 6.44. The van der Waals surface area contributed by atoms with Gasteiger partial charge in [-0.25, -0.2) is 4.79 Å². The second-order valence-electron chi connectivity index (χ2n) is 6.00. The van der Waals surface area contributed by atoms with Crippen molar-refractivity contribution in [2.24, 2.45) is 0 Å². The number of methoxy groups -OCH3 is 1. The van der Waals surface area contributed by atoms with Gasteiger partial charge in [0.15, 0.2) is 0 Å². The van der Waals surface area contributed by atoms with E-state index in [4.69, 9.17) is 11.6 Å². The Bertz CT molecular complexity index is 1060. The van der Waals surface area contributed by atoms with Crippen LogP contribution in [0, 0.1) is 0 Å². The third-order valence-electron chi connectivity index (χ3n) is 4.09. The Kier molecular flexibility index (Phi) is 5.91. The molecule has 0 fully saturated rings. The zero-order valence-corrected chi connectivity index (χ0v) is 15.8. The van der Waals surface area contributed by atoms with E-state index in [2.05, 4.69) is 10.1 Å². The van der Waals surface area contributed by atoms with E-state index >= 15 is 0 Å². The van der Waals surface area contributed by atoms with Crippen LogP contribution in [-0.2, 0) is 11.3 Å². The Morgan fingerprint density at radius 1 is 1.04 bits per heavy atom. The number of ether oxygens (including phenoxy) is 1. The predicted octanol–water partition coefficient (Wildman–Crippen LogP) is 3.59. The first-order valence-corrected chi connectivity index (χ1v) is 8.79. The van der Waals surface area contributed by atoms with Crippen LogP contribution in [0.3, 0.4) is 0 Å². The predicted molar refractivity (Wildman–Crippen MR) is 107 cm³/mol. The average Bonchev–Trinajstić information content (AvgIpc) is 2.71. The summed E-state index contributed by atoms with van der Waals surface area (Å²) in [7, 11) is 1.29. The molecule has 1 heterocycles. The zero-order valence-electron chi connectivity index (χ0n) is 15.0. The molecular weight excluding hydrogens is 380 g/mol. The van der Waals surface area contributed by atoms with Gasteiger partial charge in [-0.3, -0.25) is 9.59 Å². The quantitative estimate of drug-likeness (QED) is 0.668. The first kappa shape index (κ1) is 19.4. The number of carbonyl (C=O) groups excluding carboxylic acids is 2. The summed E-state index contributed by atoms with van der Waals surface area (Å²) in [6.07, 6.45) is 1.62. The van der Waals surface area contributed by atoms with E-state index in [1.165, 1.54) is 29.9 Å². The molecule has 2 aromatic carbocycles. The van der Waals surface area contributed by atoms with Crippen LogP contribution in [0.1, 0.15) is 26.3 Å². The zero-order chi connectivity index (χ0) is 20.1. The number of halogens is 1. The number of anilines is 1. The number of rotatable bonds is 5. The molecule has 28 heavy (non-hydrogen) atoms. The summed E-state index contributed by atoms with van der Waals surface area (Å²) in [5.74, 6) is -0.993. The molecule has 7 heteroatoms. The van der Waals surface area contributed by atoms with Gasteiger partial charge >= 0.3 is 5.97 Å². The molecule has 1 aromatic heterocycles. The van der Waals surface area contributed by atoms with Gasteiger partial charge in [0.1, 0.15) is 5.56 Å². The minimum atomic E-state index is -0.527. The molecule has 6 nitrogen and oxygen atoms in total. The molecule has 142 valence electrons. The van der Waals surface area contributed by atoms with Gasteiger partial charge in [-0.15, -0.1) is 0 Å². The van der Waals surface area contributed by atoms with Crippen LogP contribution in [0.15, 0.2) is 71.7 Å². The van der Waals surface area contributed by atoms with Gasteiger partial charge in [-0.2, -0.15) is 0 Å². The summed E-state index contributed by atoms with van der Waals surface area (Å²) < 4.78 is 6.09. The summed E-state index contributed by atoms with van der Waals surface area (Å²) in [5.41, 5.74) is 1.34. The fraction of sp³-hybridized carbons (Fsp3) is 0.0952. The Morgan fingerprint density at radius 3 is 2.36 bits per heavy atom. The molecule has 1 amide bonds. The fourth-order valence-electron chi connectivity index (χ4n) is 2.63. The van der Waals surface area contributed by atoms with E-state index in [-0.39, 0.29) is 5.56 Å². The van der Waals surface area contributed by atoms with Crippen LogP contribution in [-0.4, -0.2) is 23.6 Å². The van der Waals surface area contributed by atoms with E-state index in [1.807, 2.05) is 12.1 Å². The Morgan fingerprint density at radius 2 is 1.71 bits per heavy atom. The highest BCUT2D eigenvalue weighted by molar-refractivity contribution is 6.30. The molecule has 0 aliphatic heterocycles. The van der Waals surface area contributed by atoms with E-state index in [9.17, 15) is 14.4 Å². The summed E-state index contributed by atoms with van der Waals surface area (Å²) in [6.45, 7) is 0.324. The minimum Gasteiger partial charge on any atom is -0.465 e. The van der Waals surface area contributed by atoms with Crippen LogP contribution in [0.4, 0.5) is 5.69 Å². The number of esters is 1. The number of hydrogen-bond acceptors (Lipinski definition) is 4. The smallest absolute Gasteiger partial charge is 0.337 e. The molecule has 0 aliphatic carbocycles. The third-order valence-corrected chi connectivity index (χ3v) is 4.35. The van der Waals surface area contributed by atoms with Crippen molar-refractivity contribution in [1.82, 2.24) is 4.57 Å². The Labute approximate surface area is 166 Å². The van der Waals surface area contributed by atoms with Gasteiger partial charge < -0.3 is 14.6 Å². The Balaban J connectivity index is 1.77. The standard InChI is InChI=1S/C21H17ClN2O4/c1-28-21(27)15-6-10-17(11-7-15)23-19(25)18-3-2-12-24(20(18)26)13-14-4-8-16(22)9-5-14/h2-12H,13H2,1H3,(H,23,25). The monoisotopic (exact) mass is 396 g/mol. The van der Waals surface area contributed by atoms with E-state index in [1.54, 1.807) is 36.5 Å². The van der Waals surface area contributed by atoms with Crippen molar-refractivity contribution in [2.75, 3.05) is 12.4 Å². The summed E-state index contributed by atoms with van der Waals surface area (Å²) in [6, 6.07) is 16.5. The lowest BCUT2D eigenvalue weighted by atomic mass is 10.2. The molecule has 3 rings (SSSR count). The maximum absolute atomic E-state index is 12.7. The lowest BCUT2D eigenvalue weighted by Crippen LogP contribution is -2.29. The normalized spacial score (nSPS) is 10.4. The molecule has 0 saturated heterocycles. The number of amides is 1. The van der Waals surface area contributed by atoms with E-state index in [0.29, 0.717) is 22.8 Å². The van der Waals surface area contributed by atoms with Crippen LogP contribution in [0.2, 0.25) is 5.02 Å². The first-order valence-electron chi connectivity index (χ1n) is 8.41. The van der Waals surface area contributed by atoms with Crippen molar-refractivity contribution >= 4 is 29.2 Å². The molecule has 3 aromatic rings. The summed E-state index contributed by atoms with van der Waals surface area (Å²) in [5, 5.41) is 3.27. The minimum absolute atomic E-state index is 0.0218. The van der Waals surface area contributed by atoms with Crippen molar-refractivity contribution in [2.45, 2.75) is 6.54 Å². The molecule has 0 aliphatic rings. The lowest BCUT2D eigenvalue weighted by Gasteiger charge is -2.09. The molecular formula is C21H17ClN2O4. The number of aromatic nitrogens is 1. The number of hydrogen-bond donors (Lipinski definition) is 1. The number of benzene rings is 2. The van der Waals surface area contributed by atoms with Gasteiger partial charge in [-0.05, 0) is 54.1 Å². The topological polar surface area (TPSA) is 77.4 Å². The lowest BCUT2D eigenvalue weighted by molar-refractivity contribution is 0.0600. The summed E-state index contributed by atoms with van der Waals surface area (Å²) >= 11 is 5.88. The second kappa shape index (κ2) is 8.54. The van der Waals surface area contributed by atoms with Gasteiger partial charge in [0.05, 0.1) is 19.2 Å². The maximum atomic E-state index is 12.7. The molecule has 0 spiro atoms. The van der Waals surface area contributed by atoms with Crippen molar-refractivity contribution in [1.29, 1.82) is 0 Å². The molecule has 0 atom stereocenters. The molecule has 0 saturated carbocycles. The highest BCUT2D eigenvalue weighted by Gasteiger charge is 2.13. The third kappa shape index (κ3) is 4.47. The maximum Gasteiger partial charge on any atom is 0.337 e. The number of pyridine rings is 1. The highest BCUT2D eigenvalue weighted by atomic mass is 35.5. The molecule has 1 N–H and O–H groups in total. The van der Waals surface area contributed by atoms with Gasteiger partial charge in [0.25, 0.3) is 11.5 Å². The highest BCUT2D eigenvalue weighted by Crippen LogP contribution is 2.12. The van der Waals surface area contributed by atoms with Crippen LogP contribution < -0.4 is 10.9 Å². The number of nitrogens with zero attached hydrogens (tertiary/aromatic N) is 1. The van der Waals surface area contributed by atoms with Crippen molar-refractivity contribution in [3.63, 3.8) is 0 Å². The Hall–Kier alpha value is -3.38. The SMILES string of the molecule is COC(=O)c1ccc(NC(=O)c2cccn(Cc3ccc(Cl)cc3)c2=O)cc1. The average molecular weight is 397 g/mol. The van der Waals surface area contributed by atoms with E-state index < -0.39 is 17.4 Å². The molecule has 0 unspecified atom stereocenters. The van der Waals surface area contributed by atoms with Crippen molar-refractivity contribution in [3.05, 3.63) is 98.9 Å². The van der Waals surface area contributed by atoms with Gasteiger partial charge in [-0.1, -0.05) is 23.7 Å². The van der Waals surface area contributed by atoms with Crippen LogP contribution >= 0.6 is 11.6 Å². The first-order chi connectivity index (χ1) is 13.5. The van der Waals surface area contributed by atoms with Crippen molar-refractivity contribution < 1.29 is 14.3 Å². The van der Waals surface area contributed by atoms with Crippen LogP contribution in [0.5, 0.6) is 0 Å².